The number of aliphatic hydroxyl groups excluding tert-OH is 1. The number of aliphatic hydroxyl groups is 1. The van der Waals surface area contributed by atoms with Crippen molar-refractivity contribution in [2.24, 2.45) is 0 Å². The van der Waals surface area contributed by atoms with Gasteiger partial charge in [-0.05, 0) is 29.7 Å². The lowest BCUT2D eigenvalue weighted by Gasteiger charge is -2.39. The molecule has 0 fully saturated rings. The van der Waals surface area contributed by atoms with E-state index in [0.717, 1.165) is 27.8 Å². The number of benzene rings is 2. The summed E-state index contributed by atoms with van der Waals surface area (Å²) in [6.45, 7) is 0.694. The number of phenolic OH excluding ortho intramolecular Hbond substituents is 1. The summed E-state index contributed by atoms with van der Waals surface area (Å²) in [6.07, 6.45) is 0.0233. The van der Waals surface area contributed by atoms with Gasteiger partial charge in [-0.15, -0.1) is 0 Å². The fraction of sp³-hybridized carbons (Fsp3) is 0.333. The Morgan fingerprint density at radius 2 is 1.87 bits per heavy atom. The van der Waals surface area contributed by atoms with Crippen LogP contribution in [0.4, 0.5) is 0 Å². The lowest BCUT2D eigenvalue weighted by atomic mass is 9.75. The number of nitrogens with one attached hydrogen (secondary N) is 1. The molecule has 2 aliphatic rings. The number of rotatable bonds is 2. The Bertz CT molecular complexity index is 787. The fourth-order valence-corrected chi connectivity index (χ4v) is 3.89. The highest BCUT2D eigenvalue weighted by Crippen LogP contribution is 2.57. The van der Waals surface area contributed by atoms with Crippen molar-refractivity contribution in [1.29, 1.82) is 0 Å². The molecule has 3 N–H and O–H groups in total. The average Bonchev–Trinajstić information content (AvgIpc) is 2.60. The van der Waals surface area contributed by atoms with Crippen LogP contribution in [0.3, 0.4) is 0 Å². The van der Waals surface area contributed by atoms with Gasteiger partial charge in [0.2, 0.25) is 5.75 Å². The van der Waals surface area contributed by atoms with E-state index in [1.54, 1.807) is 7.11 Å². The average molecular weight is 313 g/mol. The molecule has 0 unspecified atom stereocenters. The molecule has 5 heteroatoms. The van der Waals surface area contributed by atoms with Gasteiger partial charge in [-0.1, -0.05) is 24.3 Å². The van der Waals surface area contributed by atoms with Gasteiger partial charge in [0.05, 0.1) is 26.4 Å². The Balaban J connectivity index is 2.15. The van der Waals surface area contributed by atoms with Crippen molar-refractivity contribution in [1.82, 2.24) is 5.32 Å². The van der Waals surface area contributed by atoms with Crippen LogP contribution in [0, 0.1) is 0 Å². The minimum absolute atomic E-state index is 0.112. The van der Waals surface area contributed by atoms with Crippen molar-refractivity contribution in [3.8, 4) is 28.4 Å². The van der Waals surface area contributed by atoms with E-state index in [1.165, 1.54) is 7.11 Å². The molecule has 0 saturated heterocycles. The van der Waals surface area contributed by atoms with Crippen LogP contribution in [0.25, 0.3) is 11.1 Å². The summed E-state index contributed by atoms with van der Waals surface area (Å²) in [5, 5.41) is 24.8. The minimum Gasteiger partial charge on any atom is -0.504 e. The lowest BCUT2D eigenvalue weighted by molar-refractivity contribution is 0.123. The van der Waals surface area contributed by atoms with Gasteiger partial charge in [-0.2, -0.15) is 0 Å². The van der Waals surface area contributed by atoms with Crippen LogP contribution in [0.15, 0.2) is 24.3 Å². The number of methoxy groups -OCH3 is 2. The Morgan fingerprint density at radius 1 is 1.13 bits per heavy atom. The quantitative estimate of drug-likeness (QED) is 0.793. The molecule has 0 bridgehead atoms. The molecule has 2 aromatic rings. The van der Waals surface area contributed by atoms with Crippen molar-refractivity contribution in [3.05, 3.63) is 41.0 Å². The van der Waals surface area contributed by atoms with Gasteiger partial charge < -0.3 is 25.0 Å². The molecule has 1 aliphatic carbocycles. The Labute approximate surface area is 134 Å². The Hall–Kier alpha value is -2.24. The molecular formula is C18H19NO4. The van der Waals surface area contributed by atoms with Crippen molar-refractivity contribution in [3.63, 3.8) is 0 Å². The van der Waals surface area contributed by atoms with Gasteiger partial charge in [-0.3, -0.25) is 0 Å². The standard InChI is InChI=1S/C18H19NO4/c1-22-17-13-9-5-3-4-6-10(9)15(20)14-12(13)11(7-8-19-14)16(21)18(17)23-2/h3-6,14-15,19-21H,7-8H2,1-2H3/t14-,15+/m1/s1. The topological polar surface area (TPSA) is 71.0 Å². The van der Waals surface area contributed by atoms with Crippen LogP contribution in [-0.4, -0.2) is 31.0 Å². The number of phenols is 1. The number of ether oxygens (including phenoxy) is 2. The first-order valence-corrected chi connectivity index (χ1v) is 7.69. The predicted octanol–water partition coefficient (Wildman–Crippen LogP) is 2.31. The Kier molecular flexibility index (Phi) is 3.21. The first-order valence-electron chi connectivity index (χ1n) is 7.69. The van der Waals surface area contributed by atoms with Crippen LogP contribution in [-0.2, 0) is 6.42 Å². The molecule has 120 valence electrons. The van der Waals surface area contributed by atoms with Crippen LogP contribution < -0.4 is 14.8 Å². The predicted molar refractivity (Wildman–Crippen MR) is 86.1 cm³/mol. The van der Waals surface area contributed by atoms with Crippen LogP contribution in [0.5, 0.6) is 17.2 Å². The van der Waals surface area contributed by atoms with E-state index in [-0.39, 0.29) is 11.8 Å². The van der Waals surface area contributed by atoms with Crippen molar-refractivity contribution in [2.75, 3.05) is 20.8 Å². The molecule has 2 atom stereocenters. The smallest absolute Gasteiger partial charge is 0.204 e. The molecule has 23 heavy (non-hydrogen) atoms. The molecule has 1 heterocycles. The third kappa shape index (κ3) is 1.81. The molecule has 1 aliphatic heterocycles. The summed E-state index contributed by atoms with van der Waals surface area (Å²) in [4.78, 5) is 0. The van der Waals surface area contributed by atoms with Crippen LogP contribution in [0.1, 0.15) is 28.8 Å². The van der Waals surface area contributed by atoms with Crippen molar-refractivity contribution < 1.29 is 19.7 Å². The molecule has 0 spiro atoms. The van der Waals surface area contributed by atoms with Gasteiger partial charge in [0.15, 0.2) is 11.5 Å². The highest BCUT2D eigenvalue weighted by molar-refractivity contribution is 5.86. The Morgan fingerprint density at radius 3 is 2.61 bits per heavy atom. The van der Waals surface area contributed by atoms with Gasteiger partial charge >= 0.3 is 0 Å². The molecule has 5 nitrogen and oxygen atoms in total. The number of hydrogen-bond donors (Lipinski definition) is 3. The lowest BCUT2D eigenvalue weighted by Crippen LogP contribution is -2.36. The summed E-state index contributed by atoms with van der Waals surface area (Å²) in [5.41, 5.74) is 4.42. The second-order valence-electron chi connectivity index (χ2n) is 5.90. The zero-order chi connectivity index (χ0) is 16.1. The normalized spacial score (nSPS) is 21.3. The molecule has 2 aromatic carbocycles. The first kappa shape index (κ1) is 14.4. The van der Waals surface area contributed by atoms with Gasteiger partial charge in [0.25, 0.3) is 0 Å². The summed E-state index contributed by atoms with van der Waals surface area (Å²) in [7, 11) is 3.10. The summed E-state index contributed by atoms with van der Waals surface area (Å²) >= 11 is 0. The van der Waals surface area contributed by atoms with Gasteiger partial charge in [-0.25, -0.2) is 0 Å². The second-order valence-corrected chi connectivity index (χ2v) is 5.90. The maximum Gasteiger partial charge on any atom is 0.204 e. The summed E-state index contributed by atoms with van der Waals surface area (Å²) in [6, 6.07) is 7.50. The van der Waals surface area contributed by atoms with E-state index in [2.05, 4.69) is 5.32 Å². The van der Waals surface area contributed by atoms with E-state index < -0.39 is 6.10 Å². The highest BCUT2D eigenvalue weighted by atomic mass is 16.5. The molecule has 0 saturated carbocycles. The summed E-state index contributed by atoms with van der Waals surface area (Å²) in [5.74, 6) is 0.978. The molecule has 4 rings (SSSR count). The number of aromatic hydroxyl groups is 1. The zero-order valence-electron chi connectivity index (χ0n) is 13.1. The van der Waals surface area contributed by atoms with Crippen molar-refractivity contribution >= 4 is 0 Å². The largest absolute Gasteiger partial charge is 0.504 e. The van der Waals surface area contributed by atoms with E-state index >= 15 is 0 Å². The zero-order valence-corrected chi connectivity index (χ0v) is 13.1. The van der Waals surface area contributed by atoms with E-state index in [9.17, 15) is 10.2 Å². The number of fused-ring (bicyclic) bond motifs is 2. The first-order chi connectivity index (χ1) is 11.2. The molecule has 0 radical (unpaired) electrons. The molecule has 0 aromatic heterocycles. The monoisotopic (exact) mass is 313 g/mol. The van der Waals surface area contributed by atoms with E-state index in [4.69, 9.17) is 9.47 Å². The SMILES string of the molecule is COc1c(O)c2c3c(c1OC)-c1ccccc1[C@H](O)[C@@H]3NCC2. The maximum absolute atomic E-state index is 10.8. The van der Waals surface area contributed by atoms with Crippen LogP contribution >= 0.6 is 0 Å². The number of hydrogen-bond acceptors (Lipinski definition) is 5. The highest BCUT2D eigenvalue weighted by Gasteiger charge is 2.40. The third-order valence-electron chi connectivity index (χ3n) is 4.85. The van der Waals surface area contributed by atoms with E-state index in [1.807, 2.05) is 24.3 Å². The minimum atomic E-state index is -0.657. The molecule has 0 amide bonds. The van der Waals surface area contributed by atoms with Crippen LogP contribution in [0.2, 0.25) is 0 Å². The van der Waals surface area contributed by atoms with Crippen molar-refractivity contribution in [2.45, 2.75) is 18.6 Å². The van der Waals surface area contributed by atoms with Gasteiger partial charge in [0, 0.05) is 11.1 Å². The second kappa shape index (κ2) is 5.15. The maximum atomic E-state index is 10.8. The third-order valence-corrected chi connectivity index (χ3v) is 4.85. The fourth-order valence-electron chi connectivity index (χ4n) is 3.89. The van der Waals surface area contributed by atoms with E-state index in [0.29, 0.717) is 24.5 Å². The molecular weight excluding hydrogens is 294 g/mol. The van der Waals surface area contributed by atoms with Gasteiger partial charge in [0.1, 0.15) is 0 Å². The summed E-state index contributed by atoms with van der Waals surface area (Å²) < 4.78 is 11.0.